The molecule has 2 rings (SSSR count). The first-order valence-electron chi connectivity index (χ1n) is 8.00. The van der Waals surface area contributed by atoms with Gasteiger partial charge in [0.05, 0.1) is 17.7 Å². The number of likely N-dealkylation sites (N-methyl/N-ethyl adjacent to an activating group) is 1. The fourth-order valence-electron chi connectivity index (χ4n) is 2.66. The van der Waals surface area contributed by atoms with Crippen LogP contribution in [-0.2, 0) is 4.79 Å². The van der Waals surface area contributed by atoms with Crippen molar-refractivity contribution in [2.75, 3.05) is 14.1 Å². The molecule has 0 unspecified atom stereocenters. The number of amides is 1. The Balaban J connectivity index is 2.11. The topological polar surface area (TPSA) is 56.1 Å². The zero-order valence-corrected chi connectivity index (χ0v) is 14.6. The molecule has 0 aliphatic heterocycles. The van der Waals surface area contributed by atoms with E-state index in [1.807, 2.05) is 44.2 Å². The number of nitriles is 1. The van der Waals surface area contributed by atoms with Gasteiger partial charge in [0.25, 0.3) is 0 Å². The van der Waals surface area contributed by atoms with Crippen LogP contribution in [0.1, 0.15) is 31.0 Å². The Morgan fingerprint density at radius 2 is 1.75 bits per heavy atom. The first kappa shape index (κ1) is 17.7. The lowest BCUT2D eigenvalue weighted by atomic mass is 10.00. The lowest BCUT2D eigenvalue weighted by molar-refractivity contribution is -0.130. The molecule has 4 heteroatoms. The van der Waals surface area contributed by atoms with Crippen LogP contribution in [0.4, 0.5) is 0 Å². The normalized spacial score (nSPS) is 13.0. The Hall–Kier alpha value is -2.64. The summed E-state index contributed by atoms with van der Waals surface area (Å²) in [5, 5.41) is 12.3. The predicted molar refractivity (Wildman–Crippen MR) is 96.3 cm³/mol. The van der Waals surface area contributed by atoms with Crippen molar-refractivity contribution in [1.82, 2.24) is 10.2 Å². The number of hydrogen-bond donors (Lipinski definition) is 1. The second-order valence-electron chi connectivity index (χ2n) is 6.16. The Morgan fingerprint density at radius 1 is 1.08 bits per heavy atom. The number of rotatable bonds is 5. The van der Waals surface area contributed by atoms with Crippen LogP contribution in [0.2, 0.25) is 0 Å². The Morgan fingerprint density at radius 3 is 2.33 bits per heavy atom. The van der Waals surface area contributed by atoms with E-state index in [0.29, 0.717) is 5.56 Å². The molecule has 0 spiro atoms. The van der Waals surface area contributed by atoms with Gasteiger partial charge < -0.3 is 4.90 Å². The first-order valence-corrected chi connectivity index (χ1v) is 8.00. The van der Waals surface area contributed by atoms with Gasteiger partial charge in [-0.1, -0.05) is 36.4 Å². The molecule has 2 aromatic carbocycles. The smallest absolute Gasteiger partial charge is 0.238 e. The highest BCUT2D eigenvalue weighted by atomic mass is 16.2. The van der Waals surface area contributed by atoms with Crippen LogP contribution in [0.5, 0.6) is 0 Å². The average molecular weight is 321 g/mol. The molecule has 0 aromatic heterocycles. The largest absolute Gasteiger partial charge is 0.347 e. The van der Waals surface area contributed by atoms with Crippen molar-refractivity contribution in [2.45, 2.75) is 25.9 Å². The molecule has 2 aromatic rings. The summed E-state index contributed by atoms with van der Waals surface area (Å²) in [6.45, 7) is 3.92. The van der Waals surface area contributed by atoms with Gasteiger partial charge in [-0.2, -0.15) is 5.26 Å². The number of nitrogens with zero attached hydrogens (tertiary/aromatic N) is 2. The van der Waals surface area contributed by atoms with Crippen molar-refractivity contribution in [3.63, 3.8) is 0 Å². The van der Waals surface area contributed by atoms with Crippen molar-refractivity contribution >= 4 is 5.91 Å². The van der Waals surface area contributed by atoms with Crippen LogP contribution in [0.3, 0.4) is 0 Å². The SMILES string of the molecule is C[C@H](N[C@H](C)C(=O)N(C)C)c1ccc(-c2cccc(C#N)c2)cc1. The van der Waals surface area contributed by atoms with Crippen LogP contribution < -0.4 is 5.32 Å². The van der Waals surface area contributed by atoms with E-state index >= 15 is 0 Å². The number of nitrogens with one attached hydrogen (secondary N) is 1. The van der Waals surface area contributed by atoms with Gasteiger partial charge in [-0.3, -0.25) is 10.1 Å². The number of hydrogen-bond acceptors (Lipinski definition) is 3. The summed E-state index contributed by atoms with van der Waals surface area (Å²) >= 11 is 0. The summed E-state index contributed by atoms with van der Waals surface area (Å²) in [6.07, 6.45) is 0. The zero-order valence-electron chi connectivity index (χ0n) is 14.6. The first-order chi connectivity index (χ1) is 11.4. The molecule has 0 aliphatic rings. The van der Waals surface area contributed by atoms with E-state index in [1.165, 1.54) is 0 Å². The molecule has 1 amide bonds. The predicted octanol–water partition coefficient (Wildman–Crippen LogP) is 3.35. The monoisotopic (exact) mass is 321 g/mol. The molecule has 0 aliphatic carbocycles. The molecular formula is C20H23N3O. The van der Waals surface area contributed by atoms with Crippen molar-refractivity contribution in [3.8, 4) is 17.2 Å². The van der Waals surface area contributed by atoms with E-state index < -0.39 is 0 Å². The van der Waals surface area contributed by atoms with E-state index in [2.05, 4.69) is 23.5 Å². The van der Waals surface area contributed by atoms with E-state index in [0.717, 1.165) is 16.7 Å². The van der Waals surface area contributed by atoms with Crippen molar-refractivity contribution in [3.05, 3.63) is 59.7 Å². The lowest BCUT2D eigenvalue weighted by Gasteiger charge is -2.22. The fourth-order valence-corrected chi connectivity index (χ4v) is 2.66. The summed E-state index contributed by atoms with van der Waals surface area (Å²) in [5.41, 5.74) is 3.87. The van der Waals surface area contributed by atoms with Crippen LogP contribution in [-0.4, -0.2) is 30.9 Å². The van der Waals surface area contributed by atoms with E-state index in [4.69, 9.17) is 5.26 Å². The van der Waals surface area contributed by atoms with Crippen molar-refractivity contribution in [1.29, 1.82) is 5.26 Å². The maximum Gasteiger partial charge on any atom is 0.238 e. The molecule has 4 nitrogen and oxygen atoms in total. The average Bonchev–Trinajstić information content (AvgIpc) is 2.61. The van der Waals surface area contributed by atoms with Gasteiger partial charge >= 0.3 is 0 Å². The molecule has 1 N–H and O–H groups in total. The minimum Gasteiger partial charge on any atom is -0.347 e. The Bertz CT molecular complexity index is 744. The van der Waals surface area contributed by atoms with Gasteiger partial charge in [-0.15, -0.1) is 0 Å². The highest BCUT2D eigenvalue weighted by molar-refractivity contribution is 5.81. The van der Waals surface area contributed by atoms with E-state index in [1.54, 1.807) is 25.1 Å². The highest BCUT2D eigenvalue weighted by Crippen LogP contribution is 2.23. The maximum absolute atomic E-state index is 11.9. The van der Waals surface area contributed by atoms with Gasteiger partial charge in [0, 0.05) is 20.1 Å². The van der Waals surface area contributed by atoms with Crippen LogP contribution >= 0.6 is 0 Å². The second kappa shape index (κ2) is 7.76. The molecular weight excluding hydrogens is 298 g/mol. The van der Waals surface area contributed by atoms with Gasteiger partial charge in [0.2, 0.25) is 5.91 Å². The summed E-state index contributed by atoms with van der Waals surface area (Å²) in [7, 11) is 3.52. The number of carbonyl (C=O) groups is 1. The third-order valence-electron chi connectivity index (χ3n) is 4.05. The third-order valence-corrected chi connectivity index (χ3v) is 4.05. The van der Waals surface area contributed by atoms with Crippen LogP contribution in [0.15, 0.2) is 48.5 Å². The van der Waals surface area contributed by atoms with Crippen molar-refractivity contribution in [2.24, 2.45) is 0 Å². The minimum atomic E-state index is -0.234. The molecule has 0 fully saturated rings. The molecule has 124 valence electrons. The maximum atomic E-state index is 11.9. The van der Waals surface area contributed by atoms with E-state index in [9.17, 15) is 4.79 Å². The van der Waals surface area contributed by atoms with Gasteiger partial charge in [0.15, 0.2) is 0 Å². The summed E-state index contributed by atoms with van der Waals surface area (Å²) in [6, 6.07) is 17.8. The van der Waals surface area contributed by atoms with Gasteiger partial charge in [0.1, 0.15) is 0 Å². The zero-order chi connectivity index (χ0) is 17.7. The van der Waals surface area contributed by atoms with Gasteiger partial charge in [-0.05, 0) is 42.7 Å². The molecule has 0 bridgehead atoms. The van der Waals surface area contributed by atoms with E-state index in [-0.39, 0.29) is 18.0 Å². The Kier molecular flexibility index (Phi) is 5.73. The summed E-state index contributed by atoms with van der Waals surface area (Å²) in [4.78, 5) is 13.5. The van der Waals surface area contributed by atoms with Gasteiger partial charge in [-0.25, -0.2) is 0 Å². The van der Waals surface area contributed by atoms with Crippen LogP contribution in [0, 0.1) is 11.3 Å². The molecule has 0 radical (unpaired) electrons. The highest BCUT2D eigenvalue weighted by Gasteiger charge is 2.17. The van der Waals surface area contributed by atoms with Crippen LogP contribution in [0.25, 0.3) is 11.1 Å². The number of benzene rings is 2. The molecule has 0 saturated heterocycles. The summed E-state index contributed by atoms with van der Waals surface area (Å²) < 4.78 is 0. The van der Waals surface area contributed by atoms with Crippen molar-refractivity contribution < 1.29 is 4.79 Å². The second-order valence-corrected chi connectivity index (χ2v) is 6.16. The molecule has 0 saturated carbocycles. The lowest BCUT2D eigenvalue weighted by Crippen LogP contribution is -2.42. The molecule has 0 heterocycles. The standard InChI is InChI=1S/C20H23N3O/c1-14(22-15(2)20(24)23(3)4)17-8-10-18(11-9-17)19-7-5-6-16(12-19)13-21/h5-12,14-15,22H,1-4H3/t14-,15+/m0/s1. The quantitative estimate of drug-likeness (QED) is 0.919. The minimum absolute atomic E-state index is 0.0618. The molecule has 24 heavy (non-hydrogen) atoms. The fraction of sp³-hybridized carbons (Fsp3) is 0.300. The third kappa shape index (κ3) is 4.21. The molecule has 2 atom stereocenters. The number of carbonyl (C=O) groups excluding carboxylic acids is 1. The summed E-state index contributed by atoms with van der Waals surface area (Å²) in [5.74, 6) is 0.0618. The Labute approximate surface area is 143 Å².